The number of hydrogen-bond donors (Lipinski definition) is 3. The molecule has 0 aromatic rings. The lowest BCUT2D eigenvalue weighted by atomic mass is 10.0. The van der Waals surface area contributed by atoms with E-state index in [1.807, 2.05) is 0 Å². The predicted octanol–water partition coefficient (Wildman–Crippen LogP) is 22.9. The molecule has 0 rings (SSSR count). The van der Waals surface area contributed by atoms with Crippen molar-refractivity contribution in [2.24, 2.45) is 5.92 Å². The summed E-state index contributed by atoms with van der Waals surface area (Å²) >= 11 is 0. The second kappa shape index (κ2) is 70.1. The summed E-state index contributed by atoms with van der Waals surface area (Å²) < 4.78 is 68.5. The molecule has 0 amide bonds. The van der Waals surface area contributed by atoms with Gasteiger partial charge in [0.05, 0.1) is 26.4 Å². The van der Waals surface area contributed by atoms with Crippen molar-refractivity contribution in [3.63, 3.8) is 0 Å². The normalized spacial score (nSPS) is 13.9. The Morgan fingerprint density at radius 3 is 0.708 bits per heavy atom. The summed E-state index contributed by atoms with van der Waals surface area (Å²) in [5, 5.41) is 10.6. The Labute approximate surface area is 588 Å². The van der Waals surface area contributed by atoms with Gasteiger partial charge < -0.3 is 33.8 Å². The van der Waals surface area contributed by atoms with E-state index in [-0.39, 0.29) is 25.7 Å². The number of phosphoric acid groups is 2. The third-order valence-corrected chi connectivity index (χ3v) is 19.9. The molecule has 19 heteroatoms. The third kappa shape index (κ3) is 70.5. The molecule has 570 valence electrons. The molecule has 0 heterocycles. The zero-order chi connectivity index (χ0) is 70.5. The molecule has 0 aromatic carbocycles. The largest absolute Gasteiger partial charge is 0.472 e. The maximum atomic E-state index is 13.1. The number of ether oxygens (including phenoxy) is 4. The monoisotopic (exact) mass is 1410 g/mol. The van der Waals surface area contributed by atoms with Gasteiger partial charge in [-0.3, -0.25) is 37.3 Å². The van der Waals surface area contributed by atoms with Gasteiger partial charge in [0.15, 0.2) is 12.2 Å². The maximum absolute atomic E-state index is 13.1. The van der Waals surface area contributed by atoms with Gasteiger partial charge in [0.2, 0.25) is 0 Å². The molecule has 2 unspecified atom stereocenters. The SMILES string of the molecule is CCCCCCCCCCCCCCCCCCCCC(=O)OC[C@H](COP(=O)(O)OC[C@@H](O)COP(=O)(O)OC[C@@H](COC(=O)CCCCCCCCCCC)OC(=O)CCCCCCCCCCCC)OC(=O)CCCCCCCCCCCCCCCCCCC(C)C. The van der Waals surface area contributed by atoms with Crippen LogP contribution in [0.15, 0.2) is 0 Å². The molecular formula is C77H150O17P2. The van der Waals surface area contributed by atoms with Crippen molar-refractivity contribution in [2.75, 3.05) is 39.6 Å². The fourth-order valence-electron chi connectivity index (χ4n) is 11.9. The average molecular weight is 1410 g/mol. The van der Waals surface area contributed by atoms with Gasteiger partial charge in [-0.2, -0.15) is 0 Å². The topological polar surface area (TPSA) is 237 Å². The predicted molar refractivity (Wildman–Crippen MR) is 391 cm³/mol. The van der Waals surface area contributed by atoms with Crippen LogP contribution in [0.3, 0.4) is 0 Å². The van der Waals surface area contributed by atoms with Crippen molar-refractivity contribution in [3.8, 4) is 0 Å². The van der Waals surface area contributed by atoms with Crippen molar-refractivity contribution in [1.82, 2.24) is 0 Å². The molecule has 0 bridgehead atoms. The van der Waals surface area contributed by atoms with Crippen molar-refractivity contribution < 1.29 is 80.2 Å². The molecule has 0 spiro atoms. The molecule has 0 aliphatic rings. The number of aliphatic hydroxyl groups excluding tert-OH is 1. The minimum absolute atomic E-state index is 0.107. The number of esters is 4. The van der Waals surface area contributed by atoms with E-state index in [2.05, 4.69) is 34.6 Å². The smallest absolute Gasteiger partial charge is 0.462 e. The molecule has 3 N–H and O–H groups in total. The van der Waals surface area contributed by atoms with Crippen LogP contribution in [0, 0.1) is 5.92 Å². The number of phosphoric ester groups is 2. The Morgan fingerprint density at radius 1 is 0.281 bits per heavy atom. The van der Waals surface area contributed by atoms with Gasteiger partial charge in [-0.05, 0) is 31.6 Å². The number of aliphatic hydroxyl groups is 1. The molecular weight excluding hydrogens is 1260 g/mol. The Kier molecular flexibility index (Phi) is 68.7. The molecule has 96 heavy (non-hydrogen) atoms. The molecule has 0 radical (unpaired) electrons. The van der Waals surface area contributed by atoms with E-state index < -0.39 is 97.5 Å². The standard InChI is InChI=1S/C77H150O17P2/c1-6-9-12-15-18-21-23-24-25-26-27-31-34-37-42-46-51-56-61-75(80)88-67-73(94-77(82)63-58-53-48-43-38-35-32-29-28-30-33-36-40-44-49-54-59-70(4)5)69-92-96(85,86)90-65-71(78)64-89-95(83,84)91-68-72(66-87-74(79)60-55-50-45-39-20-17-14-11-8-3)93-76(81)62-57-52-47-41-22-19-16-13-10-7-2/h70-73,78H,6-69H2,1-5H3,(H,83,84)(H,85,86)/t71-,72+,73+/m0/s1. The summed E-state index contributed by atoms with van der Waals surface area (Å²) in [6.45, 7) is 7.31. The second-order valence-corrected chi connectivity index (χ2v) is 31.1. The summed E-state index contributed by atoms with van der Waals surface area (Å²) in [4.78, 5) is 72.7. The van der Waals surface area contributed by atoms with Crippen molar-refractivity contribution in [1.29, 1.82) is 0 Å². The molecule has 0 aliphatic carbocycles. The maximum Gasteiger partial charge on any atom is 0.472 e. The Bertz CT molecular complexity index is 1840. The highest BCUT2D eigenvalue weighted by atomic mass is 31.2. The fourth-order valence-corrected chi connectivity index (χ4v) is 13.5. The van der Waals surface area contributed by atoms with E-state index in [1.165, 1.54) is 231 Å². The lowest BCUT2D eigenvalue weighted by Gasteiger charge is -2.21. The van der Waals surface area contributed by atoms with Crippen LogP contribution in [-0.2, 0) is 65.4 Å². The van der Waals surface area contributed by atoms with Crippen molar-refractivity contribution in [2.45, 2.75) is 425 Å². The van der Waals surface area contributed by atoms with Crippen LogP contribution >= 0.6 is 15.6 Å². The first-order valence-corrected chi connectivity index (χ1v) is 43.1. The van der Waals surface area contributed by atoms with Crippen molar-refractivity contribution >= 4 is 39.5 Å². The minimum atomic E-state index is -4.96. The van der Waals surface area contributed by atoms with E-state index >= 15 is 0 Å². The van der Waals surface area contributed by atoms with Crippen LogP contribution in [0.2, 0.25) is 0 Å². The molecule has 17 nitrogen and oxygen atoms in total. The zero-order valence-corrected chi connectivity index (χ0v) is 64.3. The van der Waals surface area contributed by atoms with Crippen LogP contribution in [0.1, 0.15) is 407 Å². The number of carbonyl (C=O) groups excluding carboxylic acids is 4. The first-order valence-electron chi connectivity index (χ1n) is 40.1. The fraction of sp³-hybridized carbons (Fsp3) is 0.948. The van der Waals surface area contributed by atoms with Crippen LogP contribution < -0.4 is 0 Å². The molecule has 0 aromatic heterocycles. The van der Waals surface area contributed by atoms with Crippen LogP contribution in [-0.4, -0.2) is 96.7 Å². The summed E-state index contributed by atoms with van der Waals surface area (Å²) in [5.41, 5.74) is 0. The minimum Gasteiger partial charge on any atom is -0.462 e. The van der Waals surface area contributed by atoms with Gasteiger partial charge in [-0.25, -0.2) is 9.13 Å². The summed E-state index contributed by atoms with van der Waals surface area (Å²) in [6, 6.07) is 0. The number of unbranched alkanes of at least 4 members (excludes halogenated alkanes) is 49. The van der Waals surface area contributed by atoms with Gasteiger partial charge in [-0.15, -0.1) is 0 Å². The van der Waals surface area contributed by atoms with Crippen molar-refractivity contribution in [3.05, 3.63) is 0 Å². The molecule has 5 atom stereocenters. The lowest BCUT2D eigenvalue weighted by molar-refractivity contribution is -0.161. The summed E-state index contributed by atoms with van der Waals surface area (Å²) in [7, 11) is -9.91. The number of hydrogen-bond acceptors (Lipinski definition) is 15. The molecule has 0 saturated carbocycles. The summed E-state index contributed by atoms with van der Waals surface area (Å²) in [6.07, 6.45) is 59.7. The van der Waals surface area contributed by atoms with Gasteiger partial charge >= 0.3 is 39.5 Å². The first kappa shape index (κ1) is 94.1. The number of carbonyl (C=O) groups is 4. The highest BCUT2D eigenvalue weighted by molar-refractivity contribution is 7.47. The average Bonchev–Trinajstić information content (AvgIpc) is 1.19. The quantitative estimate of drug-likeness (QED) is 0.0222. The zero-order valence-electron chi connectivity index (χ0n) is 62.5. The van der Waals surface area contributed by atoms with E-state index in [0.717, 1.165) is 95.8 Å². The van der Waals surface area contributed by atoms with E-state index in [4.69, 9.17) is 37.0 Å². The third-order valence-electron chi connectivity index (χ3n) is 18.0. The van der Waals surface area contributed by atoms with E-state index in [9.17, 15) is 43.2 Å². The van der Waals surface area contributed by atoms with E-state index in [0.29, 0.717) is 25.7 Å². The Hall–Kier alpha value is -1.94. The Morgan fingerprint density at radius 2 is 0.479 bits per heavy atom. The Balaban J connectivity index is 5.19. The molecule has 0 fully saturated rings. The number of rotatable bonds is 77. The summed E-state index contributed by atoms with van der Waals surface area (Å²) in [5.74, 6) is -1.30. The highest BCUT2D eigenvalue weighted by Gasteiger charge is 2.30. The highest BCUT2D eigenvalue weighted by Crippen LogP contribution is 2.45. The second-order valence-electron chi connectivity index (χ2n) is 28.2. The van der Waals surface area contributed by atoms with Gasteiger partial charge in [0.1, 0.15) is 19.3 Å². The molecule has 0 saturated heterocycles. The van der Waals surface area contributed by atoms with Gasteiger partial charge in [0.25, 0.3) is 0 Å². The van der Waals surface area contributed by atoms with Gasteiger partial charge in [-0.1, -0.05) is 356 Å². The molecule has 0 aliphatic heterocycles. The van der Waals surface area contributed by atoms with Crippen LogP contribution in [0.5, 0.6) is 0 Å². The van der Waals surface area contributed by atoms with Gasteiger partial charge in [0, 0.05) is 25.7 Å². The lowest BCUT2D eigenvalue weighted by Crippen LogP contribution is -2.30. The first-order chi connectivity index (χ1) is 46.5. The van der Waals surface area contributed by atoms with Crippen LogP contribution in [0.25, 0.3) is 0 Å². The van der Waals surface area contributed by atoms with E-state index in [1.54, 1.807) is 0 Å². The van der Waals surface area contributed by atoms with Crippen LogP contribution in [0.4, 0.5) is 0 Å².